The molecule has 2 rings (SSSR count). The monoisotopic (exact) mass is 504 g/mol. The van der Waals surface area contributed by atoms with Gasteiger partial charge in [-0.15, -0.1) is 0 Å². The number of allylic oxidation sites excluding steroid dienone is 2. The van der Waals surface area contributed by atoms with Crippen LogP contribution in [0.5, 0.6) is 0 Å². The minimum absolute atomic E-state index is 0.128. The lowest BCUT2D eigenvalue weighted by molar-refractivity contribution is -0.289. The largest absolute Gasteiger partial charge is 0.462 e. The fourth-order valence-electron chi connectivity index (χ4n) is 4.14. The molecule has 0 aromatic carbocycles. The second-order valence-corrected chi connectivity index (χ2v) is 8.99. The van der Waals surface area contributed by atoms with Crippen LogP contribution in [0.4, 0.5) is 48.3 Å². The Balaban J connectivity index is 2.28. The molecule has 13 heteroatoms. The van der Waals surface area contributed by atoms with Gasteiger partial charge in [-0.25, -0.2) is 8.78 Å². The average Bonchev–Trinajstić information content (AvgIpc) is 2.75. The first-order valence-electron chi connectivity index (χ1n) is 10.2. The van der Waals surface area contributed by atoms with E-state index in [1.165, 1.54) is 19.9 Å². The third-order valence-electron chi connectivity index (χ3n) is 6.20. The van der Waals surface area contributed by atoms with E-state index in [2.05, 4.69) is 0 Å². The molecule has 0 saturated heterocycles. The smallest absolute Gasteiger partial charge is 0.405 e. The van der Waals surface area contributed by atoms with E-state index in [9.17, 15) is 53.1 Å². The molecular formula is C20H23F11O2. The van der Waals surface area contributed by atoms with Crippen molar-refractivity contribution >= 4 is 5.97 Å². The van der Waals surface area contributed by atoms with Crippen LogP contribution < -0.4 is 0 Å². The number of esters is 1. The van der Waals surface area contributed by atoms with E-state index in [1.54, 1.807) is 0 Å². The number of alkyl halides is 11. The molecular weight excluding hydrogens is 481 g/mol. The summed E-state index contributed by atoms with van der Waals surface area (Å²) in [7, 11) is 0. The zero-order valence-corrected chi connectivity index (χ0v) is 17.6. The normalized spacial score (nSPS) is 33.8. The number of rotatable bonds is 7. The topological polar surface area (TPSA) is 26.3 Å². The lowest BCUT2D eigenvalue weighted by Crippen LogP contribution is -2.53. The van der Waals surface area contributed by atoms with E-state index >= 15 is 0 Å². The molecule has 2 aliphatic carbocycles. The quantitative estimate of drug-likeness (QED) is 0.213. The first-order chi connectivity index (χ1) is 14.8. The van der Waals surface area contributed by atoms with Crippen LogP contribution in [0.25, 0.3) is 0 Å². The zero-order chi connectivity index (χ0) is 25.7. The van der Waals surface area contributed by atoms with Crippen molar-refractivity contribution in [2.75, 3.05) is 0 Å². The summed E-state index contributed by atoms with van der Waals surface area (Å²) < 4.78 is 156. The van der Waals surface area contributed by atoms with Crippen molar-refractivity contribution in [2.45, 2.75) is 94.3 Å². The molecule has 0 aromatic rings. The Bertz CT molecular complexity index is 762. The number of halogens is 11. The fraction of sp³-hybridized carbons (Fsp3) is 0.850. The summed E-state index contributed by atoms with van der Waals surface area (Å²) >= 11 is 0. The highest BCUT2D eigenvalue weighted by molar-refractivity contribution is 5.78. The molecule has 0 aliphatic heterocycles. The first-order valence-corrected chi connectivity index (χ1v) is 10.2. The van der Waals surface area contributed by atoms with Crippen LogP contribution in [0.15, 0.2) is 12.2 Å². The van der Waals surface area contributed by atoms with Crippen LogP contribution in [-0.2, 0) is 9.53 Å². The predicted octanol–water partition coefficient (Wildman–Crippen LogP) is 6.98. The Hall–Kier alpha value is -1.56. The SMILES string of the molecule is CC(C)CC(CCC1(F)C(F)C(F)(F)C(F)(F)C1(F)F)OC(=O)C1(C(F)(F)F)CC=CCC1. The second-order valence-electron chi connectivity index (χ2n) is 8.99. The minimum atomic E-state index is -6.34. The number of carbonyl (C=O) groups excluding carboxylic acids is 1. The average molecular weight is 504 g/mol. The van der Waals surface area contributed by atoms with Crippen LogP contribution in [0.3, 0.4) is 0 Å². The molecule has 0 aromatic heterocycles. The van der Waals surface area contributed by atoms with Crippen molar-refractivity contribution in [1.82, 2.24) is 0 Å². The maximum absolute atomic E-state index is 14.7. The Morgan fingerprint density at radius 2 is 1.61 bits per heavy atom. The predicted molar refractivity (Wildman–Crippen MR) is 93.6 cm³/mol. The van der Waals surface area contributed by atoms with Gasteiger partial charge in [-0.2, -0.15) is 39.5 Å². The minimum Gasteiger partial charge on any atom is -0.462 e. The lowest BCUT2D eigenvalue weighted by atomic mass is 9.76. The molecule has 2 aliphatic rings. The van der Waals surface area contributed by atoms with Crippen LogP contribution in [0.2, 0.25) is 0 Å². The lowest BCUT2D eigenvalue weighted by Gasteiger charge is -2.36. The van der Waals surface area contributed by atoms with Gasteiger partial charge >= 0.3 is 29.9 Å². The van der Waals surface area contributed by atoms with Crippen LogP contribution in [-0.4, -0.2) is 47.9 Å². The van der Waals surface area contributed by atoms with E-state index in [4.69, 9.17) is 4.74 Å². The van der Waals surface area contributed by atoms with Gasteiger partial charge < -0.3 is 4.74 Å². The second kappa shape index (κ2) is 8.58. The molecule has 0 heterocycles. The molecule has 0 spiro atoms. The van der Waals surface area contributed by atoms with Crippen molar-refractivity contribution in [3.63, 3.8) is 0 Å². The fourth-order valence-corrected chi connectivity index (χ4v) is 4.14. The van der Waals surface area contributed by atoms with E-state index in [1.807, 2.05) is 0 Å². The van der Waals surface area contributed by atoms with Crippen LogP contribution in [0.1, 0.15) is 52.4 Å². The number of hydrogen-bond donors (Lipinski definition) is 0. The first kappa shape index (κ1) is 27.7. The Kier molecular flexibility index (Phi) is 7.20. The molecule has 192 valence electrons. The highest BCUT2D eigenvalue weighted by Crippen LogP contribution is 2.65. The third kappa shape index (κ3) is 4.21. The van der Waals surface area contributed by atoms with Gasteiger partial charge in [0.05, 0.1) is 0 Å². The van der Waals surface area contributed by atoms with Crippen molar-refractivity contribution in [2.24, 2.45) is 11.3 Å². The van der Waals surface area contributed by atoms with Crippen molar-refractivity contribution in [3.8, 4) is 0 Å². The Morgan fingerprint density at radius 3 is 2.00 bits per heavy atom. The summed E-state index contributed by atoms with van der Waals surface area (Å²) in [4.78, 5) is 12.5. The molecule has 0 N–H and O–H groups in total. The molecule has 33 heavy (non-hydrogen) atoms. The zero-order valence-electron chi connectivity index (χ0n) is 17.6. The maximum atomic E-state index is 14.7. The highest BCUT2D eigenvalue weighted by atomic mass is 19.4. The van der Waals surface area contributed by atoms with E-state index in [0.29, 0.717) is 0 Å². The molecule has 4 unspecified atom stereocenters. The van der Waals surface area contributed by atoms with Crippen molar-refractivity contribution in [1.29, 1.82) is 0 Å². The van der Waals surface area contributed by atoms with E-state index < -0.39 is 84.9 Å². The van der Waals surface area contributed by atoms with Gasteiger partial charge in [0, 0.05) is 0 Å². The molecule has 4 atom stereocenters. The summed E-state index contributed by atoms with van der Waals surface area (Å²) in [5.41, 5.74) is -8.00. The highest BCUT2D eigenvalue weighted by Gasteiger charge is 2.92. The Morgan fingerprint density at radius 1 is 1.03 bits per heavy atom. The third-order valence-corrected chi connectivity index (χ3v) is 6.20. The van der Waals surface area contributed by atoms with Gasteiger partial charge in [0.25, 0.3) is 0 Å². The Labute approximate surface area is 182 Å². The molecule has 0 amide bonds. The number of ether oxygens (including phenoxy) is 1. The van der Waals surface area contributed by atoms with Gasteiger partial charge in [-0.05, 0) is 44.4 Å². The van der Waals surface area contributed by atoms with Gasteiger partial charge in [0.1, 0.15) is 6.10 Å². The van der Waals surface area contributed by atoms with Crippen molar-refractivity contribution < 1.29 is 57.8 Å². The summed E-state index contributed by atoms with van der Waals surface area (Å²) in [5.74, 6) is -20.7. The molecule has 1 fully saturated rings. The van der Waals surface area contributed by atoms with Gasteiger partial charge in [-0.3, -0.25) is 4.79 Å². The number of hydrogen-bond acceptors (Lipinski definition) is 2. The summed E-state index contributed by atoms with van der Waals surface area (Å²) in [6.07, 6.45) is -13.9. The molecule has 1 saturated carbocycles. The summed E-state index contributed by atoms with van der Waals surface area (Å²) in [6, 6.07) is 0. The molecule has 0 radical (unpaired) electrons. The summed E-state index contributed by atoms with van der Waals surface area (Å²) in [5, 5.41) is 0. The standard InChI is InChI=1S/C20H23F11O2/c1-11(2)10-12(33-14(32)15(20(29,30)31)7-4-3-5-8-15)6-9-16(22)13(21)17(23,24)19(27,28)18(16,25)26/h3-4,11-13H,5-10H2,1-2H3. The van der Waals surface area contributed by atoms with Crippen LogP contribution >= 0.6 is 0 Å². The van der Waals surface area contributed by atoms with Gasteiger partial charge in [0.15, 0.2) is 5.41 Å². The van der Waals surface area contributed by atoms with Crippen molar-refractivity contribution in [3.05, 3.63) is 12.2 Å². The van der Waals surface area contributed by atoms with E-state index in [0.717, 1.165) is 6.08 Å². The maximum Gasteiger partial charge on any atom is 0.405 e. The molecule has 2 nitrogen and oxygen atoms in total. The van der Waals surface area contributed by atoms with Gasteiger partial charge in [0.2, 0.25) is 11.8 Å². The summed E-state index contributed by atoms with van der Waals surface area (Å²) in [6.45, 7) is 2.94. The number of carbonyl (C=O) groups is 1. The van der Waals surface area contributed by atoms with Gasteiger partial charge in [-0.1, -0.05) is 26.0 Å². The van der Waals surface area contributed by atoms with Crippen LogP contribution in [0, 0.1) is 11.3 Å². The molecule has 0 bridgehead atoms. The van der Waals surface area contributed by atoms with E-state index in [-0.39, 0.29) is 12.8 Å².